The van der Waals surface area contributed by atoms with Crippen molar-refractivity contribution in [3.63, 3.8) is 0 Å². The SMILES string of the molecule is COCCN(C)C(=O)c1ccc(C(NC(=O)c2cc3cc(Cl)ccc3[nH]2)SS)cc1. The molecule has 9 heteroatoms. The molecule has 1 aromatic heterocycles. The van der Waals surface area contributed by atoms with E-state index < -0.39 is 0 Å². The van der Waals surface area contributed by atoms with Gasteiger partial charge in [-0.2, -0.15) is 0 Å². The zero-order chi connectivity index (χ0) is 21.7. The molecule has 2 N–H and O–H groups in total. The molecular weight excluding hydrogens is 442 g/mol. The van der Waals surface area contributed by atoms with Crippen molar-refractivity contribution in [2.45, 2.75) is 5.37 Å². The summed E-state index contributed by atoms with van der Waals surface area (Å²) in [6, 6.07) is 14.3. The average molecular weight is 464 g/mol. The molecule has 2 aromatic carbocycles. The molecule has 2 amide bonds. The second kappa shape index (κ2) is 10.3. The van der Waals surface area contributed by atoms with Crippen molar-refractivity contribution in [1.29, 1.82) is 0 Å². The van der Waals surface area contributed by atoms with Crippen molar-refractivity contribution in [3.05, 3.63) is 70.4 Å². The van der Waals surface area contributed by atoms with E-state index in [1.165, 1.54) is 10.8 Å². The first-order chi connectivity index (χ1) is 14.4. The second-order valence-corrected chi connectivity index (χ2v) is 8.47. The number of nitrogens with one attached hydrogen (secondary N) is 2. The van der Waals surface area contributed by atoms with Gasteiger partial charge in [0.25, 0.3) is 11.8 Å². The van der Waals surface area contributed by atoms with Crippen LogP contribution in [0.1, 0.15) is 31.8 Å². The number of halogens is 1. The summed E-state index contributed by atoms with van der Waals surface area (Å²) < 4.78 is 5.01. The Kier molecular flexibility index (Phi) is 7.71. The van der Waals surface area contributed by atoms with Crippen LogP contribution in [0.5, 0.6) is 0 Å². The molecule has 3 aromatic rings. The number of fused-ring (bicyclic) bond motifs is 1. The highest BCUT2D eigenvalue weighted by atomic mass is 35.5. The maximum atomic E-state index is 12.7. The Morgan fingerprint density at radius 3 is 2.63 bits per heavy atom. The van der Waals surface area contributed by atoms with Crippen molar-refractivity contribution >= 4 is 56.8 Å². The molecule has 0 fully saturated rings. The van der Waals surface area contributed by atoms with Crippen molar-refractivity contribution in [2.24, 2.45) is 0 Å². The number of thiol groups is 1. The molecule has 0 bridgehead atoms. The predicted octanol–water partition coefficient (Wildman–Crippen LogP) is 4.55. The fraction of sp³-hybridized carbons (Fsp3) is 0.238. The number of H-pyrrole nitrogens is 1. The van der Waals surface area contributed by atoms with Crippen LogP contribution in [-0.2, 0) is 4.74 Å². The zero-order valence-electron chi connectivity index (χ0n) is 16.5. The zero-order valence-corrected chi connectivity index (χ0v) is 19.0. The summed E-state index contributed by atoms with van der Waals surface area (Å²) >= 11 is 10.3. The highest BCUT2D eigenvalue weighted by molar-refractivity contribution is 8.68. The number of hydrogen-bond acceptors (Lipinski definition) is 5. The molecule has 0 radical (unpaired) electrons. The van der Waals surface area contributed by atoms with E-state index in [0.29, 0.717) is 29.4 Å². The van der Waals surface area contributed by atoms with Gasteiger partial charge in [-0.25, -0.2) is 0 Å². The van der Waals surface area contributed by atoms with Crippen LogP contribution in [0, 0.1) is 0 Å². The van der Waals surface area contributed by atoms with Crippen molar-refractivity contribution in [3.8, 4) is 0 Å². The van der Waals surface area contributed by atoms with E-state index in [1.54, 1.807) is 49.4 Å². The summed E-state index contributed by atoms with van der Waals surface area (Å²) in [6.07, 6.45) is 0. The van der Waals surface area contributed by atoms with Gasteiger partial charge in [0.1, 0.15) is 11.1 Å². The Morgan fingerprint density at radius 1 is 1.23 bits per heavy atom. The lowest BCUT2D eigenvalue weighted by Crippen LogP contribution is -2.30. The fourth-order valence-electron chi connectivity index (χ4n) is 2.94. The van der Waals surface area contributed by atoms with E-state index in [2.05, 4.69) is 22.0 Å². The highest BCUT2D eigenvalue weighted by Gasteiger charge is 2.18. The molecule has 0 saturated heterocycles. The van der Waals surface area contributed by atoms with E-state index in [9.17, 15) is 9.59 Å². The minimum absolute atomic E-state index is 0.0885. The Balaban J connectivity index is 1.70. The third kappa shape index (κ3) is 5.31. The summed E-state index contributed by atoms with van der Waals surface area (Å²) in [5.74, 6) is -0.345. The lowest BCUT2D eigenvalue weighted by Gasteiger charge is -2.18. The van der Waals surface area contributed by atoms with Crippen LogP contribution in [0.4, 0.5) is 0 Å². The second-order valence-electron chi connectivity index (χ2n) is 6.72. The number of rotatable bonds is 8. The van der Waals surface area contributed by atoms with Crippen LogP contribution in [0.2, 0.25) is 5.02 Å². The Hall–Kier alpha value is -2.13. The number of hydrogen-bond donors (Lipinski definition) is 3. The van der Waals surface area contributed by atoms with Gasteiger partial charge in [0.2, 0.25) is 0 Å². The van der Waals surface area contributed by atoms with Gasteiger partial charge in [0.15, 0.2) is 0 Å². The first kappa shape index (κ1) is 22.6. The Labute approximate surface area is 189 Å². The number of amides is 2. The number of aromatic amines is 1. The third-order valence-electron chi connectivity index (χ3n) is 4.63. The summed E-state index contributed by atoms with van der Waals surface area (Å²) in [5.41, 5.74) is 2.67. The monoisotopic (exact) mass is 463 g/mol. The minimum Gasteiger partial charge on any atom is -0.383 e. The first-order valence-corrected chi connectivity index (χ1v) is 11.5. The summed E-state index contributed by atoms with van der Waals surface area (Å²) in [6.45, 7) is 0.989. The number of carbonyl (C=O) groups excluding carboxylic acids is 2. The average Bonchev–Trinajstić information content (AvgIpc) is 3.18. The van der Waals surface area contributed by atoms with Crippen molar-refractivity contribution < 1.29 is 14.3 Å². The van der Waals surface area contributed by atoms with E-state index in [1.807, 2.05) is 18.2 Å². The maximum Gasteiger partial charge on any atom is 0.268 e. The molecule has 0 saturated carbocycles. The van der Waals surface area contributed by atoms with Gasteiger partial charge in [-0.1, -0.05) is 34.5 Å². The molecule has 1 unspecified atom stereocenters. The molecule has 6 nitrogen and oxygen atoms in total. The van der Waals surface area contributed by atoms with Gasteiger partial charge in [-0.05, 0) is 42.0 Å². The third-order valence-corrected chi connectivity index (χ3v) is 6.10. The predicted molar refractivity (Wildman–Crippen MR) is 125 cm³/mol. The van der Waals surface area contributed by atoms with Crippen LogP contribution >= 0.6 is 34.1 Å². The number of benzene rings is 2. The molecule has 0 spiro atoms. The normalized spacial score (nSPS) is 12.0. The van der Waals surface area contributed by atoms with Gasteiger partial charge < -0.3 is 19.9 Å². The maximum absolute atomic E-state index is 12.7. The van der Waals surface area contributed by atoms with Crippen LogP contribution < -0.4 is 5.32 Å². The van der Waals surface area contributed by atoms with Crippen LogP contribution in [0.15, 0.2) is 48.5 Å². The lowest BCUT2D eigenvalue weighted by molar-refractivity contribution is 0.0744. The van der Waals surface area contributed by atoms with Crippen LogP contribution in [0.25, 0.3) is 10.9 Å². The van der Waals surface area contributed by atoms with Crippen LogP contribution in [-0.4, -0.2) is 49.0 Å². The molecule has 30 heavy (non-hydrogen) atoms. The van der Waals surface area contributed by atoms with E-state index in [0.717, 1.165) is 16.5 Å². The van der Waals surface area contributed by atoms with E-state index >= 15 is 0 Å². The van der Waals surface area contributed by atoms with Crippen molar-refractivity contribution in [2.75, 3.05) is 27.3 Å². The number of nitrogens with zero attached hydrogens (tertiary/aromatic N) is 1. The number of likely N-dealkylation sites (N-methyl/N-ethyl adjacent to an activating group) is 1. The standard InChI is InChI=1S/C21H22ClN3O3S2/c1-25(9-10-28-2)21(27)14-5-3-13(4-6-14)20(30-29)24-19(26)18-12-15-11-16(22)7-8-17(15)23-18/h3-8,11-12,20,23,29H,9-10H2,1-2H3,(H,24,26). The van der Waals surface area contributed by atoms with Gasteiger partial charge in [0, 0.05) is 42.2 Å². The number of aromatic nitrogens is 1. The highest BCUT2D eigenvalue weighted by Crippen LogP contribution is 2.30. The van der Waals surface area contributed by atoms with E-state index in [4.69, 9.17) is 16.3 Å². The van der Waals surface area contributed by atoms with E-state index in [-0.39, 0.29) is 17.2 Å². The number of methoxy groups -OCH3 is 1. The molecule has 0 aliphatic carbocycles. The van der Waals surface area contributed by atoms with Gasteiger partial charge >= 0.3 is 0 Å². The topological polar surface area (TPSA) is 74.4 Å². The first-order valence-electron chi connectivity index (χ1n) is 9.16. The van der Waals surface area contributed by atoms with Gasteiger partial charge in [-0.15, -0.1) is 11.7 Å². The Morgan fingerprint density at radius 2 is 1.97 bits per heavy atom. The molecular formula is C21H22ClN3O3S2. The van der Waals surface area contributed by atoms with Crippen molar-refractivity contribution in [1.82, 2.24) is 15.2 Å². The number of ether oxygens (including phenoxy) is 1. The summed E-state index contributed by atoms with van der Waals surface area (Å²) in [4.78, 5) is 29.8. The molecule has 158 valence electrons. The van der Waals surface area contributed by atoms with Gasteiger partial charge in [-0.3, -0.25) is 9.59 Å². The summed E-state index contributed by atoms with van der Waals surface area (Å²) in [5, 5.41) is 4.04. The summed E-state index contributed by atoms with van der Waals surface area (Å²) in [7, 11) is 4.53. The molecule has 0 aliphatic rings. The minimum atomic E-state index is -0.383. The molecule has 1 atom stereocenters. The quantitative estimate of drug-likeness (QED) is 0.260. The Bertz CT molecular complexity index is 1040. The van der Waals surface area contributed by atoms with Gasteiger partial charge in [0.05, 0.1) is 6.61 Å². The van der Waals surface area contributed by atoms with Crippen LogP contribution in [0.3, 0.4) is 0 Å². The smallest absolute Gasteiger partial charge is 0.268 e. The fourth-order valence-corrected chi connectivity index (χ4v) is 4.09. The molecule has 0 aliphatic heterocycles. The number of carbonyl (C=O) groups is 2. The molecule has 3 rings (SSSR count). The molecule has 1 heterocycles. The lowest BCUT2D eigenvalue weighted by atomic mass is 10.1. The largest absolute Gasteiger partial charge is 0.383 e.